The zero-order valence-corrected chi connectivity index (χ0v) is 12.7. The monoisotopic (exact) mass is 294 g/mol. The van der Waals surface area contributed by atoms with Gasteiger partial charge in [-0.3, -0.25) is 4.90 Å². The van der Waals surface area contributed by atoms with Crippen LogP contribution in [0.2, 0.25) is 0 Å². The van der Waals surface area contributed by atoms with E-state index in [0.29, 0.717) is 19.5 Å². The molecule has 2 N–H and O–H groups in total. The average molecular weight is 295 g/mol. The van der Waals surface area contributed by atoms with Crippen LogP contribution < -0.4 is 5.73 Å². The first-order valence-corrected chi connectivity index (χ1v) is 6.06. The number of likely N-dealkylation sites (tertiary alicyclic amines) is 1. The lowest BCUT2D eigenvalue weighted by Crippen LogP contribution is -2.43. The maximum atomic E-state index is 12.0. The van der Waals surface area contributed by atoms with Crippen molar-refractivity contribution in [2.24, 2.45) is 11.7 Å². The molecule has 0 spiro atoms. The first-order valence-electron chi connectivity index (χ1n) is 6.06. The van der Waals surface area contributed by atoms with Gasteiger partial charge in [-0.15, -0.1) is 12.4 Å². The second-order valence-corrected chi connectivity index (χ2v) is 5.51. The molecule has 0 aliphatic carbocycles. The number of rotatable bonds is 2. The van der Waals surface area contributed by atoms with Crippen molar-refractivity contribution in [3.8, 4) is 0 Å². The molecule has 1 saturated heterocycles. The topological polar surface area (TPSA) is 81.9 Å². The molecular weight excluding hydrogens is 272 g/mol. The summed E-state index contributed by atoms with van der Waals surface area (Å²) in [7, 11) is 1.31. The Bertz CT molecular complexity index is 330. The SMILES string of the molecule is COC(=O)[C@H]1C[C@@H](CN)CN1C(=O)OC(C)(C)C.Cl. The minimum absolute atomic E-state index is 0. The summed E-state index contributed by atoms with van der Waals surface area (Å²) in [6, 6.07) is -0.585. The molecule has 0 aromatic carbocycles. The molecule has 0 unspecified atom stereocenters. The van der Waals surface area contributed by atoms with E-state index in [4.69, 9.17) is 15.2 Å². The Kier molecular flexibility index (Phi) is 6.59. The summed E-state index contributed by atoms with van der Waals surface area (Å²) in [5.74, 6) is -0.307. The fraction of sp³-hybridized carbons (Fsp3) is 0.833. The molecule has 2 atom stereocenters. The van der Waals surface area contributed by atoms with Crippen LogP contribution in [-0.2, 0) is 14.3 Å². The lowest BCUT2D eigenvalue weighted by Gasteiger charge is -2.27. The van der Waals surface area contributed by atoms with E-state index in [9.17, 15) is 9.59 Å². The molecule has 7 heteroatoms. The van der Waals surface area contributed by atoms with Crippen LogP contribution in [0.3, 0.4) is 0 Å². The first kappa shape index (κ1) is 18.0. The molecule has 1 rings (SSSR count). The molecule has 0 aromatic rings. The fourth-order valence-electron chi connectivity index (χ4n) is 1.98. The number of amides is 1. The molecule has 112 valence electrons. The van der Waals surface area contributed by atoms with Gasteiger partial charge in [0.1, 0.15) is 11.6 Å². The average Bonchev–Trinajstić information content (AvgIpc) is 2.69. The van der Waals surface area contributed by atoms with E-state index >= 15 is 0 Å². The highest BCUT2D eigenvalue weighted by Crippen LogP contribution is 2.25. The Morgan fingerprint density at radius 3 is 2.37 bits per heavy atom. The number of esters is 1. The largest absolute Gasteiger partial charge is 0.467 e. The quantitative estimate of drug-likeness (QED) is 0.773. The van der Waals surface area contributed by atoms with E-state index in [-0.39, 0.29) is 18.3 Å². The van der Waals surface area contributed by atoms with Gasteiger partial charge in [0, 0.05) is 6.54 Å². The van der Waals surface area contributed by atoms with E-state index in [0.717, 1.165) is 0 Å². The van der Waals surface area contributed by atoms with Crippen molar-refractivity contribution in [1.82, 2.24) is 4.90 Å². The van der Waals surface area contributed by atoms with E-state index in [2.05, 4.69) is 0 Å². The molecule has 1 aliphatic rings. The highest BCUT2D eigenvalue weighted by molar-refractivity contribution is 5.85. The van der Waals surface area contributed by atoms with Gasteiger partial charge in [0.05, 0.1) is 7.11 Å². The number of methoxy groups -OCH3 is 1. The van der Waals surface area contributed by atoms with Gasteiger partial charge in [-0.2, -0.15) is 0 Å². The van der Waals surface area contributed by atoms with Crippen LogP contribution in [0.4, 0.5) is 4.79 Å². The third-order valence-electron chi connectivity index (χ3n) is 2.82. The molecule has 19 heavy (non-hydrogen) atoms. The van der Waals surface area contributed by atoms with E-state index in [1.165, 1.54) is 12.0 Å². The molecule has 6 nitrogen and oxygen atoms in total. The van der Waals surface area contributed by atoms with Crippen molar-refractivity contribution in [1.29, 1.82) is 0 Å². The zero-order chi connectivity index (χ0) is 13.9. The van der Waals surface area contributed by atoms with Gasteiger partial charge >= 0.3 is 12.1 Å². The minimum Gasteiger partial charge on any atom is -0.467 e. The third kappa shape index (κ3) is 4.87. The number of hydrogen-bond donors (Lipinski definition) is 1. The van der Waals surface area contributed by atoms with Crippen LogP contribution in [0.5, 0.6) is 0 Å². The van der Waals surface area contributed by atoms with Gasteiger partial charge in [0.2, 0.25) is 0 Å². The maximum absolute atomic E-state index is 12.0. The van der Waals surface area contributed by atoms with Crippen molar-refractivity contribution in [3.05, 3.63) is 0 Å². The molecule has 0 saturated carbocycles. The van der Waals surface area contributed by atoms with Gasteiger partial charge in [-0.05, 0) is 39.7 Å². The predicted molar refractivity (Wildman–Crippen MR) is 73.2 cm³/mol. The zero-order valence-electron chi connectivity index (χ0n) is 11.8. The summed E-state index contributed by atoms with van der Waals surface area (Å²) in [5, 5.41) is 0. The van der Waals surface area contributed by atoms with Crippen LogP contribution in [0, 0.1) is 5.92 Å². The number of halogens is 1. The van der Waals surface area contributed by atoms with Crippen LogP contribution in [0.1, 0.15) is 27.2 Å². The van der Waals surface area contributed by atoms with Gasteiger partial charge < -0.3 is 15.2 Å². The number of carbonyl (C=O) groups excluding carboxylic acids is 2. The molecule has 0 aromatic heterocycles. The minimum atomic E-state index is -0.585. The van der Waals surface area contributed by atoms with Gasteiger partial charge in [-0.25, -0.2) is 9.59 Å². The van der Waals surface area contributed by atoms with Gasteiger partial charge in [0.15, 0.2) is 0 Å². The summed E-state index contributed by atoms with van der Waals surface area (Å²) < 4.78 is 9.99. The highest BCUT2D eigenvalue weighted by Gasteiger charge is 2.41. The van der Waals surface area contributed by atoms with Crippen molar-refractivity contribution in [3.63, 3.8) is 0 Å². The molecular formula is C12H23ClN2O4. The summed E-state index contributed by atoms with van der Waals surface area (Å²) in [5.41, 5.74) is 5.01. The number of carbonyl (C=O) groups is 2. The van der Waals surface area contributed by atoms with E-state index in [1.54, 1.807) is 20.8 Å². The Morgan fingerprint density at radius 2 is 1.95 bits per heavy atom. The fourth-order valence-corrected chi connectivity index (χ4v) is 1.98. The number of hydrogen-bond acceptors (Lipinski definition) is 5. The van der Waals surface area contributed by atoms with Crippen molar-refractivity contribution in [2.45, 2.75) is 38.8 Å². The van der Waals surface area contributed by atoms with Crippen LogP contribution >= 0.6 is 12.4 Å². The smallest absolute Gasteiger partial charge is 0.411 e. The summed E-state index contributed by atoms with van der Waals surface area (Å²) in [4.78, 5) is 25.1. The van der Waals surface area contributed by atoms with Crippen LogP contribution in [-0.4, -0.2) is 48.8 Å². The van der Waals surface area contributed by atoms with E-state index < -0.39 is 23.7 Å². The van der Waals surface area contributed by atoms with Gasteiger partial charge in [0.25, 0.3) is 0 Å². The lowest BCUT2D eigenvalue weighted by atomic mass is 10.1. The molecule has 0 bridgehead atoms. The Labute approximate surface area is 120 Å². The second-order valence-electron chi connectivity index (χ2n) is 5.51. The van der Waals surface area contributed by atoms with Crippen molar-refractivity contribution < 1.29 is 19.1 Å². The molecule has 1 aliphatic heterocycles. The van der Waals surface area contributed by atoms with Crippen molar-refractivity contribution in [2.75, 3.05) is 20.2 Å². The Morgan fingerprint density at radius 1 is 1.37 bits per heavy atom. The van der Waals surface area contributed by atoms with Gasteiger partial charge in [-0.1, -0.05) is 0 Å². The first-order chi connectivity index (χ1) is 8.28. The molecule has 1 fully saturated rings. The number of ether oxygens (including phenoxy) is 2. The van der Waals surface area contributed by atoms with Crippen LogP contribution in [0.15, 0.2) is 0 Å². The normalized spacial score (nSPS) is 22.7. The highest BCUT2D eigenvalue weighted by atomic mass is 35.5. The predicted octanol–water partition coefficient (Wildman–Crippen LogP) is 1.17. The van der Waals surface area contributed by atoms with E-state index in [1.807, 2.05) is 0 Å². The standard InChI is InChI=1S/C12H22N2O4.ClH/c1-12(2,3)18-11(16)14-7-8(6-13)5-9(14)10(15)17-4;/h8-9H,5-7,13H2,1-4H3;1H/t8-,9+;/m0./s1. The maximum Gasteiger partial charge on any atom is 0.411 e. The Balaban J connectivity index is 0.00000324. The number of nitrogens with zero attached hydrogens (tertiary/aromatic N) is 1. The summed E-state index contributed by atoms with van der Waals surface area (Å²) >= 11 is 0. The van der Waals surface area contributed by atoms with Crippen LogP contribution in [0.25, 0.3) is 0 Å². The molecule has 1 amide bonds. The van der Waals surface area contributed by atoms with Crippen molar-refractivity contribution >= 4 is 24.5 Å². The second kappa shape index (κ2) is 6.96. The molecule has 0 radical (unpaired) electrons. The summed E-state index contributed by atoms with van der Waals surface area (Å²) in [6.07, 6.45) is 0.0384. The summed E-state index contributed by atoms with van der Waals surface area (Å²) in [6.45, 7) is 6.23. The lowest BCUT2D eigenvalue weighted by molar-refractivity contribution is -0.145. The molecule has 1 heterocycles. The number of nitrogens with two attached hydrogens (primary N) is 1. The third-order valence-corrected chi connectivity index (χ3v) is 2.82. The Hall–Kier alpha value is -1.01.